The molecule has 1 aliphatic rings. The number of piperidine rings is 1. The highest BCUT2D eigenvalue weighted by Crippen LogP contribution is 2.28. The first-order valence-electron chi connectivity index (χ1n) is 8.91. The quantitative estimate of drug-likeness (QED) is 0.573. The Balaban J connectivity index is 1.86. The summed E-state index contributed by atoms with van der Waals surface area (Å²) in [5.74, 6) is 0.680. The summed E-state index contributed by atoms with van der Waals surface area (Å²) < 4.78 is 33.8. The average Bonchev–Trinajstić information content (AvgIpc) is 3.16. The molecule has 0 bridgehead atoms. The third kappa shape index (κ3) is 4.37. The Morgan fingerprint density at radius 1 is 1.22 bits per heavy atom. The van der Waals surface area contributed by atoms with Crippen LogP contribution in [0, 0.1) is 17.0 Å². The maximum absolute atomic E-state index is 12.9. The van der Waals surface area contributed by atoms with Crippen LogP contribution in [0.1, 0.15) is 36.6 Å². The number of rotatable bonds is 7. The Morgan fingerprint density at radius 3 is 2.59 bits per heavy atom. The number of hydrogen-bond donors (Lipinski definition) is 1. The van der Waals surface area contributed by atoms with E-state index in [-0.39, 0.29) is 17.5 Å². The van der Waals surface area contributed by atoms with E-state index < -0.39 is 20.6 Å². The Kier molecular flexibility index (Phi) is 5.93. The number of likely N-dealkylation sites (tertiary alicyclic amines) is 1. The fourth-order valence-corrected chi connectivity index (χ4v) is 4.94. The van der Waals surface area contributed by atoms with Gasteiger partial charge in [-0.25, -0.2) is 13.1 Å². The Morgan fingerprint density at radius 2 is 1.96 bits per heavy atom. The van der Waals surface area contributed by atoms with Crippen molar-refractivity contribution in [2.75, 3.05) is 19.6 Å². The summed E-state index contributed by atoms with van der Waals surface area (Å²) in [6.45, 7) is 3.35. The van der Waals surface area contributed by atoms with Crippen molar-refractivity contribution in [2.45, 2.75) is 37.1 Å². The lowest BCUT2D eigenvalue weighted by atomic mass is 10.1. The zero-order valence-corrected chi connectivity index (χ0v) is 15.9. The standard InChI is InChI=1S/C18H23N3O5S/c1-14-7-5-8-15(21(22)23)18(14)27(24,25)19-13-16(17-9-6-12-26-17)20-10-3-2-4-11-20/h5-9,12,16,19H,2-4,10-11,13H2,1H3. The lowest BCUT2D eigenvalue weighted by molar-refractivity contribution is -0.387. The number of furan rings is 1. The maximum Gasteiger partial charge on any atom is 0.289 e. The molecule has 0 spiro atoms. The van der Waals surface area contributed by atoms with Crippen molar-refractivity contribution in [3.05, 3.63) is 58.0 Å². The number of hydrogen-bond acceptors (Lipinski definition) is 6. The van der Waals surface area contributed by atoms with Crippen molar-refractivity contribution in [3.8, 4) is 0 Å². The lowest BCUT2D eigenvalue weighted by Gasteiger charge is -2.33. The second-order valence-corrected chi connectivity index (χ2v) is 8.36. The van der Waals surface area contributed by atoms with Crippen LogP contribution in [0.25, 0.3) is 0 Å². The molecule has 27 heavy (non-hydrogen) atoms. The Labute approximate surface area is 158 Å². The highest BCUT2D eigenvalue weighted by Gasteiger charge is 2.31. The van der Waals surface area contributed by atoms with Crippen LogP contribution in [0.3, 0.4) is 0 Å². The van der Waals surface area contributed by atoms with Crippen LogP contribution < -0.4 is 4.72 Å². The fraction of sp³-hybridized carbons (Fsp3) is 0.444. The maximum atomic E-state index is 12.9. The van der Waals surface area contributed by atoms with E-state index in [2.05, 4.69) is 9.62 Å². The minimum atomic E-state index is -4.05. The molecule has 1 saturated heterocycles. The van der Waals surface area contributed by atoms with Gasteiger partial charge in [0.2, 0.25) is 10.0 Å². The van der Waals surface area contributed by atoms with Crippen LogP contribution in [0.2, 0.25) is 0 Å². The number of aryl methyl sites for hydroxylation is 1. The smallest absolute Gasteiger partial charge is 0.289 e. The third-order valence-electron chi connectivity index (χ3n) is 4.83. The van der Waals surface area contributed by atoms with Crippen LogP contribution in [0.5, 0.6) is 0 Å². The zero-order chi connectivity index (χ0) is 19.4. The first-order valence-corrected chi connectivity index (χ1v) is 10.4. The van der Waals surface area contributed by atoms with E-state index in [0.29, 0.717) is 11.3 Å². The monoisotopic (exact) mass is 393 g/mol. The van der Waals surface area contributed by atoms with Gasteiger partial charge in [-0.15, -0.1) is 0 Å². The fourth-order valence-electron chi connectivity index (χ4n) is 3.51. The minimum absolute atomic E-state index is 0.0847. The molecule has 0 aliphatic carbocycles. The molecule has 0 radical (unpaired) electrons. The number of sulfonamides is 1. The lowest BCUT2D eigenvalue weighted by Crippen LogP contribution is -2.40. The molecule has 146 valence electrons. The predicted molar refractivity (Wildman–Crippen MR) is 99.9 cm³/mol. The van der Waals surface area contributed by atoms with Crippen LogP contribution in [-0.2, 0) is 10.0 Å². The molecule has 1 aromatic heterocycles. The Bertz CT molecular complexity index is 890. The van der Waals surface area contributed by atoms with Gasteiger partial charge in [-0.05, 0) is 50.6 Å². The van der Waals surface area contributed by atoms with Gasteiger partial charge in [0.25, 0.3) is 5.69 Å². The summed E-state index contributed by atoms with van der Waals surface area (Å²) in [5, 5.41) is 11.3. The molecule has 0 saturated carbocycles. The summed E-state index contributed by atoms with van der Waals surface area (Å²) in [7, 11) is -4.05. The molecule has 1 N–H and O–H groups in total. The summed E-state index contributed by atoms with van der Waals surface area (Å²) in [4.78, 5) is 12.5. The van der Waals surface area contributed by atoms with Crippen molar-refractivity contribution in [3.63, 3.8) is 0 Å². The van der Waals surface area contributed by atoms with E-state index in [9.17, 15) is 18.5 Å². The number of nitrogens with one attached hydrogen (secondary N) is 1. The van der Waals surface area contributed by atoms with Gasteiger partial charge < -0.3 is 4.42 Å². The van der Waals surface area contributed by atoms with Crippen molar-refractivity contribution in [2.24, 2.45) is 0 Å². The minimum Gasteiger partial charge on any atom is -0.468 e. The number of nitro benzene ring substituents is 1. The first-order chi connectivity index (χ1) is 12.9. The van der Waals surface area contributed by atoms with E-state index in [1.54, 1.807) is 25.3 Å². The second-order valence-electron chi connectivity index (χ2n) is 6.66. The van der Waals surface area contributed by atoms with Crippen LogP contribution in [0.15, 0.2) is 45.9 Å². The van der Waals surface area contributed by atoms with Gasteiger partial charge >= 0.3 is 0 Å². The number of nitro groups is 1. The first kappa shape index (κ1) is 19.5. The molecule has 1 atom stereocenters. The van der Waals surface area contributed by atoms with E-state index >= 15 is 0 Å². The third-order valence-corrected chi connectivity index (χ3v) is 6.44. The molecular formula is C18H23N3O5S. The summed E-state index contributed by atoms with van der Waals surface area (Å²) in [6, 6.07) is 7.58. The van der Waals surface area contributed by atoms with Gasteiger partial charge in [0, 0.05) is 12.6 Å². The average molecular weight is 393 g/mol. The van der Waals surface area contributed by atoms with Crippen molar-refractivity contribution >= 4 is 15.7 Å². The van der Waals surface area contributed by atoms with E-state index in [4.69, 9.17) is 4.42 Å². The highest BCUT2D eigenvalue weighted by molar-refractivity contribution is 7.89. The van der Waals surface area contributed by atoms with Gasteiger partial charge in [-0.1, -0.05) is 18.6 Å². The molecule has 2 heterocycles. The van der Waals surface area contributed by atoms with Crippen molar-refractivity contribution < 1.29 is 17.8 Å². The molecule has 1 aromatic carbocycles. The second kappa shape index (κ2) is 8.20. The SMILES string of the molecule is Cc1cccc([N+](=O)[O-])c1S(=O)(=O)NCC(c1ccco1)N1CCCCC1. The van der Waals surface area contributed by atoms with Gasteiger partial charge in [0.05, 0.1) is 17.2 Å². The summed E-state index contributed by atoms with van der Waals surface area (Å²) in [6.07, 6.45) is 4.82. The molecule has 1 aliphatic heterocycles. The Hall–Kier alpha value is -2.23. The van der Waals surface area contributed by atoms with Crippen LogP contribution in [-0.4, -0.2) is 37.9 Å². The molecule has 3 rings (SSSR count). The van der Waals surface area contributed by atoms with Gasteiger partial charge in [0.15, 0.2) is 4.90 Å². The van der Waals surface area contributed by atoms with Gasteiger partial charge in [0.1, 0.15) is 5.76 Å². The molecule has 2 aromatic rings. The van der Waals surface area contributed by atoms with Crippen molar-refractivity contribution in [1.29, 1.82) is 0 Å². The molecule has 9 heteroatoms. The molecule has 1 fully saturated rings. The van der Waals surface area contributed by atoms with Crippen LogP contribution in [0.4, 0.5) is 5.69 Å². The molecule has 1 unspecified atom stereocenters. The van der Waals surface area contributed by atoms with Crippen LogP contribution >= 0.6 is 0 Å². The van der Waals surface area contributed by atoms with Crippen molar-refractivity contribution in [1.82, 2.24) is 9.62 Å². The van der Waals surface area contributed by atoms with Gasteiger partial charge in [-0.2, -0.15) is 0 Å². The zero-order valence-electron chi connectivity index (χ0n) is 15.1. The molecular weight excluding hydrogens is 370 g/mol. The normalized spacial score (nSPS) is 16.9. The van der Waals surface area contributed by atoms with E-state index in [0.717, 1.165) is 32.4 Å². The summed E-state index contributed by atoms with van der Waals surface area (Å²) in [5.41, 5.74) is -0.0840. The van der Waals surface area contributed by atoms with E-state index in [1.807, 2.05) is 6.07 Å². The largest absolute Gasteiger partial charge is 0.468 e. The molecule has 0 amide bonds. The predicted octanol–water partition coefficient (Wildman–Crippen LogP) is 3.00. The number of nitrogens with zero attached hydrogens (tertiary/aromatic N) is 2. The van der Waals surface area contributed by atoms with Gasteiger partial charge in [-0.3, -0.25) is 15.0 Å². The number of benzene rings is 1. The molecule has 8 nitrogen and oxygen atoms in total. The van der Waals surface area contributed by atoms with E-state index in [1.165, 1.54) is 12.1 Å². The topological polar surface area (TPSA) is 106 Å². The highest BCUT2D eigenvalue weighted by atomic mass is 32.2. The summed E-state index contributed by atoms with van der Waals surface area (Å²) >= 11 is 0.